The Hall–Kier alpha value is -1.84. The molecule has 0 fully saturated rings. The Morgan fingerprint density at radius 3 is 3.15 bits per heavy atom. The predicted octanol–water partition coefficient (Wildman–Crippen LogP) is 1.14. The zero-order chi connectivity index (χ0) is 9.26. The van der Waals surface area contributed by atoms with Crippen LogP contribution in [0.15, 0.2) is 24.4 Å². The van der Waals surface area contributed by atoms with Crippen LogP contribution in [0, 0.1) is 0 Å². The van der Waals surface area contributed by atoms with Gasteiger partial charge in [-0.25, -0.2) is 0 Å². The van der Waals surface area contributed by atoms with Crippen molar-refractivity contribution in [3.05, 3.63) is 24.4 Å². The van der Waals surface area contributed by atoms with Crippen LogP contribution in [0.25, 0.3) is 10.9 Å². The third-order valence-corrected chi connectivity index (χ3v) is 1.87. The number of aryl methyl sites for hydroxylation is 1. The first-order valence-electron chi connectivity index (χ1n) is 3.94. The first-order valence-corrected chi connectivity index (χ1v) is 3.94. The largest absolute Gasteiger partial charge is 0.327 e. The van der Waals surface area contributed by atoms with Crippen molar-refractivity contribution < 1.29 is 4.79 Å². The number of anilines is 1. The van der Waals surface area contributed by atoms with E-state index >= 15 is 0 Å². The van der Waals surface area contributed by atoms with Gasteiger partial charge in [-0.1, -0.05) is 12.1 Å². The number of nitrogens with one attached hydrogen (secondary N) is 1. The molecular formula is C9H9N3O. The van der Waals surface area contributed by atoms with E-state index in [0.29, 0.717) is 6.41 Å². The molecule has 1 aromatic heterocycles. The first kappa shape index (κ1) is 7.79. The van der Waals surface area contributed by atoms with Crippen LogP contribution in [0.1, 0.15) is 0 Å². The van der Waals surface area contributed by atoms with E-state index in [9.17, 15) is 4.79 Å². The molecule has 1 N–H and O–H groups in total. The molecule has 0 spiro atoms. The number of nitrogens with zero attached hydrogens (tertiary/aromatic N) is 2. The smallest absolute Gasteiger partial charge is 0.211 e. The highest BCUT2D eigenvalue weighted by Crippen LogP contribution is 2.20. The van der Waals surface area contributed by atoms with Crippen LogP contribution in [0.3, 0.4) is 0 Å². The molecule has 4 heteroatoms. The molecule has 2 aromatic rings. The van der Waals surface area contributed by atoms with Crippen LogP contribution in [0.2, 0.25) is 0 Å². The third-order valence-electron chi connectivity index (χ3n) is 1.87. The second-order valence-corrected chi connectivity index (χ2v) is 2.81. The van der Waals surface area contributed by atoms with Gasteiger partial charge in [-0.05, 0) is 6.07 Å². The number of amides is 1. The lowest BCUT2D eigenvalue weighted by Crippen LogP contribution is -1.94. The Bertz CT molecular complexity index is 447. The molecule has 0 unspecified atom stereocenters. The topological polar surface area (TPSA) is 46.9 Å². The fourth-order valence-electron chi connectivity index (χ4n) is 1.34. The molecule has 1 amide bonds. The fraction of sp³-hybridized carbons (Fsp3) is 0.111. The molecule has 1 aromatic carbocycles. The molecule has 1 heterocycles. The van der Waals surface area contributed by atoms with Crippen LogP contribution >= 0.6 is 0 Å². The van der Waals surface area contributed by atoms with Gasteiger partial charge in [-0.2, -0.15) is 5.10 Å². The number of rotatable bonds is 2. The zero-order valence-corrected chi connectivity index (χ0v) is 7.19. The summed E-state index contributed by atoms with van der Waals surface area (Å²) in [4.78, 5) is 10.3. The summed E-state index contributed by atoms with van der Waals surface area (Å²) in [6, 6.07) is 5.66. The van der Waals surface area contributed by atoms with Crippen molar-refractivity contribution in [2.75, 3.05) is 5.32 Å². The van der Waals surface area contributed by atoms with Gasteiger partial charge >= 0.3 is 0 Å². The number of carbonyl (C=O) groups excluding carboxylic acids is 1. The number of benzene rings is 1. The van der Waals surface area contributed by atoms with Crippen LogP contribution in [0.5, 0.6) is 0 Å². The SMILES string of the molecule is Cn1cc2cccc(NC=O)c2n1. The summed E-state index contributed by atoms with van der Waals surface area (Å²) in [7, 11) is 1.85. The predicted molar refractivity (Wildman–Crippen MR) is 50.4 cm³/mol. The monoisotopic (exact) mass is 175 g/mol. The Morgan fingerprint density at radius 2 is 2.38 bits per heavy atom. The van der Waals surface area contributed by atoms with Crippen molar-refractivity contribution in [2.24, 2.45) is 7.05 Å². The average molecular weight is 175 g/mol. The molecule has 0 bridgehead atoms. The minimum Gasteiger partial charge on any atom is -0.327 e. The van der Waals surface area contributed by atoms with E-state index in [1.165, 1.54) is 0 Å². The van der Waals surface area contributed by atoms with Gasteiger partial charge in [0.05, 0.1) is 5.69 Å². The van der Waals surface area contributed by atoms with E-state index in [4.69, 9.17) is 0 Å². The molecule has 13 heavy (non-hydrogen) atoms. The summed E-state index contributed by atoms with van der Waals surface area (Å²) in [5, 5.41) is 7.86. The number of aromatic nitrogens is 2. The summed E-state index contributed by atoms with van der Waals surface area (Å²) < 4.78 is 1.72. The average Bonchev–Trinajstić information content (AvgIpc) is 2.47. The highest BCUT2D eigenvalue weighted by molar-refractivity contribution is 5.94. The normalized spacial score (nSPS) is 10.2. The van der Waals surface area contributed by atoms with Gasteiger partial charge in [0.2, 0.25) is 6.41 Å². The Morgan fingerprint density at radius 1 is 1.54 bits per heavy atom. The van der Waals surface area contributed by atoms with Crippen LogP contribution in [-0.4, -0.2) is 16.2 Å². The van der Waals surface area contributed by atoms with Gasteiger partial charge in [-0.15, -0.1) is 0 Å². The van der Waals surface area contributed by atoms with Gasteiger partial charge in [0, 0.05) is 18.6 Å². The fourth-order valence-corrected chi connectivity index (χ4v) is 1.34. The highest BCUT2D eigenvalue weighted by Gasteiger charge is 2.02. The Balaban J connectivity index is 2.67. The molecule has 4 nitrogen and oxygen atoms in total. The summed E-state index contributed by atoms with van der Waals surface area (Å²) >= 11 is 0. The minimum atomic E-state index is 0.656. The number of carbonyl (C=O) groups is 1. The molecule has 0 saturated carbocycles. The molecule has 0 aliphatic rings. The maximum atomic E-state index is 10.3. The molecular weight excluding hydrogens is 166 g/mol. The van der Waals surface area contributed by atoms with Gasteiger partial charge < -0.3 is 5.32 Å². The molecule has 2 rings (SSSR count). The summed E-state index contributed by atoms with van der Waals surface area (Å²) in [6.45, 7) is 0. The quantitative estimate of drug-likeness (QED) is 0.696. The van der Waals surface area contributed by atoms with Gasteiger partial charge in [0.1, 0.15) is 5.52 Å². The van der Waals surface area contributed by atoms with Gasteiger partial charge in [0.15, 0.2) is 0 Å². The van der Waals surface area contributed by atoms with Crippen molar-refractivity contribution in [1.29, 1.82) is 0 Å². The zero-order valence-electron chi connectivity index (χ0n) is 7.19. The van der Waals surface area contributed by atoms with Gasteiger partial charge in [-0.3, -0.25) is 9.48 Å². The molecule has 66 valence electrons. The van der Waals surface area contributed by atoms with Crippen molar-refractivity contribution >= 4 is 23.0 Å². The van der Waals surface area contributed by atoms with Crippen molar-refractivity contribution in [3.63, 3.8) is 0 Å². The molecule has 0 aliphatic heterocycles. The second-order valence-electron chi connectivity index (χ2n) is 2.81. The van der Waals surface area contributed by atoms with E-state index < -0.39 is 0 Å². The van der Waals surface area contributed by atoms with Crippen LogP contribution in [-0.2, 0) is 11.8 Å². The lowest BCUT2D eigenvalue weighted by molar-refractivity contribution is -0.105. The van der Waals surface area contributed by atoms with E-state index in [-0.39, 0.29) is 0 Å². The van der Waals surface area contributed by atoms with Crippen LogP contribution in [0.4, 0.5) is 5.69 Å². The van der Waals surface area contributed by atoms with E-state index in [1.54, 1.807) is 4.68 Å². The Kier molecular flexibility index (Phi) is 1.73. The number of fused-ring (bicyclic) bond motifs is 1. The van der Waals surface area contributed by atoms with Gasteiger partial charge in [0.25, 0.3) is 0 Å². The van der Waals surface area contributed by atoms with E-state index in [2.05, 4.69) is 10.4 Å². The number of hydrogen-bond donors (Lipinski definition) is 1. The first-order chi connectivity index (χ1) is 6.31. The molecule has 0 radical (unpaired) electrons. The number of hydrogen-bond acceptors (Lipinski definition) is 2. The maximum absolute atomic E-state index is 10.3. The Labute approximate surface area is 75.2 Å². The van der Waals surface area contributed by atoms with Crippen LogP contribution < -0.4 is 5.32 Å². The summed E-state index contributed by atoms with van der Waals surface area (Å²) in [6.07, 6.45) is 2.56. The van der Waals surface area contributed by atoms with E-state index in [0.717, 1.165) is 16.6 Å². The second kappa shape index (κ2) is 2.90. The van der Waals surface area contributed by atoms with E-state index in [1.807, 2.05) is 31.4 Å². The molecule has 0 saturated heterocycles. The lowest BCUT2D eigenvalue weighted by atomic mass is 10.2. The standard InChI is InChI=1S/C9H9N3O/c1-12-5-7-3-2-4-8(10-6-13)9(7)11-12/h2-6H,1H3,(H,10,13). The van der Waals surface area contributed by atoms with Crippen molar-refractivity contribution in [1.82, 2.24) is 9.78 Å². The molecule has 0 atom stereocenters. The summed E-state index contributed by atoms with van der Waals surface area (Å²) in [5.74, 6) is 0. The highest BCUT2D eigenvalue weighted by atomic mass is 16.1. The minimum absolute atomic E-state index is 0.656. The lowest BCUT2D eigenvalue weighted by Gasteiger charge is -1.97. The van der Waals surface area contributed by atoms with Crippen molar-refractivity contribution in [2.45, 2.75) is 0 Å². The summed E-state index contributed by atoms with van der Waals surface area (Å²) in [5.41, 5.74) is 1.56. The molecule has 0 aliphatic carbocycles. The maximum Gasteiger partial charge on any atom is 0.211 e. The third kappa shape index (κ3) is 1.26. The van der Waals surface area contributed by atoms with Crippen molar-refractivity contribution in [3.8, 4) is 0 Å².